The van der Waals surface area contributed by atoms with Gasteiger partial charge in [0.1, 0.15) is 13.2 Å². The highest BCUT2D eigenvalue weighted by Crippen LogP contribution is 2.43. The van der Waals surface area contributed by atoms with Crippen LogP contribution in [0.25, 0.3) is 0 Å². The van der Waals surface area contributed by atoms with Gasteiger partial charge in [0.05, 0.1) is 39.9 Å². The van der Waals surface area contributed by atoms with Crippen LogP contribution in [0, 0.1) is 0 Å². The van der Waals surface area contributed by atoms with E-state index in [1.54, 1.807) is 6.08 Å². The lowest BCUT2D eigenvalue weighted by Gasteiger charge is -2.25. The molecule has 0 aromatic heterocycles. The van der Waals surface area contributed by atoms with Crippen LogP contribution in [0.15, 0.2) is 122 Å². The third-order valence-corrected chi connectivity index (χ3v) is 15.6. The number of nitrogens with one attached hydrogen (secondary N) is 1. The number of phosphoric ester groups is 1. The Morgan fingerprint density at radius 2 is 0.744 bits per heavy atom. The van der Waals surface area contributed by atoms with Crippen molar-refractivity contribution in [1.82, 2.24) is 5.32 Å². The van der Waals surface area contributed by atoms with Crippen LogP contribution in [0.1, 0.15) is 284 Å². The molecule has 9 heteroatoms. The van der Waals surface area contributed by atoms with Crippen molar-refractivity contribution in [3.8, 4) is 0 Å². The summed E-state index contributed by atoms with van der Waals surface area (Å²) in [4.78, 5) is 23.4. The highest BCUT2D eigenvalue weighted by Gasteiger charge is 2.27. The fourth-order valence-corrected chi connectivity index (χ4v) is 10.1. The molecule has 0 aromatic rings. The summed E-state index contributed by atoms with van der Waals surface area (Å²) in [6, 6.07) is -0.884. The molecule has 3 unspecified atom stereocenters. The normalized spacial score (nSPS) is 14.5. The van der Waals surface area contributed by atoms with Gasteiger partial charge in [-0.15, -0.1) is 0 Å². The molecule has 0 fully saturated rings. The maximum Gasteiger partial charge on any atom is 0.472 e. The van der Waals surface area contributed by atoms with Gasteiger partial charge in [0.2, 0.25) is 5.91 Å². The molecule has 472 valence electrons. The van der Waals surface area contributed by atoms with Crippen LogP contribution in [0.5, 0.6) is 0 Å². The Morgan fingerprint density at radius 1 is 0.427 bits per heavy atom. The van der Waals surface area contributed by atoms with Crippen molar-refractivity contribution >= 4 is 13.7 Å². The second-order valence-electron chi connectivity index (χ2n) is 23.8. The number of aliphatic hydroxyl groups excluding tert-OH is 1. The number of quaternary nitrogens is 1. The first-order valence-electron chi connectivity index (χ1n) is 33.9. The smallest absolute Gasteiger partial charge is 0.387 e. The van der Waals surface area contributed by atoms with E-state index < -0.39 is 20.0 Å². The third kappa shape index (κ3) is 64.5. The van der Waals surface area contributed by atoms with E-state index in [9.17, 15) is 19.4 Å². The zero-order chi connectivity index (χ0) is 59.8. The minimum atomic E-state index is -4.38. The molecule has 0 aliphatic rings. The monoisotopic (exact) mass is 1160 g/mol. The molecule has 8 nitrogen and oxygen atoms in total. The lowest BCUT2D eigenvalue weighted by molar-refractivity contribution is -0.870. The van der Waals surface area contributed by atoms with E-state index in [0.29, 0.717) is 17.4 Å². The number of hydrogen-bond donors (Lipinski definition) is 3. The number of amides is 1. The van der Waals surface area contributed by atoms with Crippen molar-refractivity contribution < 1.29 is 32.9 Å². The Morgan fingerprint density at radius 3 is 1.12 bits per heavy atom. The summed E-state index contributed by atoms with van der Waals surface area (Å²) in [5.41, 5.74) is 0. The maximum atomic E-state index is 13.0. The van der Waals surface area contributed by atoms with Crippen molar-refractivity contribution in [2.75, 3.05) is 40.9 Å². The van der Waals surface area contributed by atoms with Gasteiger partial charge in [-0.05, 0) is 103 Å². The van der Waals surface area contributed by atoms with Gasteiger partial charge >= 0.3 is 7.82 Å². The molecule has 0 aliphatic carbocycles. The Kier molecular flexibility index (Phi) is 60.1. The molecule has 0 heterocycles. The zero-order valence-corrected chi connectivity index (χ0v) is 54.8. The number of carbonyl (C=O) groups excluding carboxylic acids is 1. The van der Waals surface area contributed by atoms with E-state index in [2.05, 4.69) is 129 Å². The number of allylic oxidation sites excluding steroid dienone is 19. The summed E-state index contributed by atoms with van der Waals surface area (Å²) in [6.45, 7) is 4.68. The van der Waals surface area contributed by atoms with E-state index >= 15 is 0 Å². The number of aliphatic hydroxyl groups is 1. The Bertz CT molecular complexity index is 1750. The fraction of sp³-hybridized carbons (Fsp3) is 0.712. The number of nitrogens with zero attached hydrogens (tertiary/aromatic N) is 1. The predicted octanol–water partition coefficient (Wildman–Crippen LogP) is 21.7. The van der Waals surface area contributed by atoms with E-state index in [4.69, 9.17) is 9.05 Å². The van der Waals surface area contributed by atoms with Crippen LogP contribution in [-0.4, -0.2) is 73.4 Å². The Hall–Kier alpha value is -3.10. The molecule has 1 amide bonds. The van der Waals surface area contributed by atoms with Crippen LogP contribution >= 0.6 is 7.82 Å². The lowest BCUT2D eigenvalue weighted by atomic mass is 10.0. The van der Waals surface area contributed by atoms with Gasteiger partial charge < -0.3 is 19.8 Å². The topological polar surface area (TPSA) is 105 Å². The fourth-order valence-electron chi connectivity index (χ4n) is 9.41. The first-order chi connectivity index (χ1) is 40.0. The summed E-state index contributed by atoms with van der Waals surface area (Å²) in [5.74, 6) is -0.200. The molecule has 0 bridgehead atoms. The summed E-state index contributed by atoms with van der Waals surface area (Å²) in [6.07, 6.45) is 93.4. The number of hydrogen-bond acceptors (Lipinski definition) is 5. The molecule has 82 heavy (non-hydrogen) atoms. The summed E-state index contributed by atoms with van der Waals surface area (Å²) < 4.78 is 23.8. The predicted molar refractivity (Wildman–Crippen MR) is 359 cm³/mol. The molecular formula is C73H130N2O6P+. The van der Waals surface area contributed by atoms with Gasteiger partial charge in [0.15, 0.2) is 0 Å². The molecule has 0 saturated carbocycles. The third-order valence-electron chi connectivity index (χ3n) is 14.6. The van der Waals surface area contributed by atoms with Gasteiger partial charge in [0, 0.05) is 6.42 Å². The molecule has 0 aliphatic heterocycles. The first-order valence-corrected chi connectivity index (χ1v) is 35.4. The second kappa shape index (κ2) is 62.4. The van der Waals surface area contributed by atoms with E-state index in [1.165, 1.54) is 167 Å². The molecule has 0 spiro atoms. The van der Waals surface area contributed by atoms with E-state index in [1.807, 2.05) is 27.2 Å². The summed E-state index contributed by atoms with van der Waals surface area (Å²) >= 11 is 0. The van der Waals surface area contributed by atoms with Crippen molar-refractivity contribution in [2.45, 2.75) is 296 Å². The minimum absolute atomic E-state index is 0.0463. The quantitative estimate of drug-likeness (QED) is 0.0243. The molecule has 0 rings (SSSR count). The van der Waals surface area contributed by atoms with Gasteiger partial charge in [-0.25, -0.2) is 4.57 Å². The average Bonchev–Trinajstić information content (AvgIpc) is 3.47. The summed E-state index contributed by atoms with van der Waals surface area (Å²) in [7, 11) is 1.53. The molecule has 3 N–H and O–H groups in total. The number of rotatable bonds is 61. The number of likely N-dealkylation sites (N-methyl/N-ethyl adjacent to an activating group) is 1. The first kappa shape index (κ1) is 78.9. The molecular weight excluding hydrogens is 1030 g/mol. The molecule has 3 atom stereocenters. The number of phosphoric acid groups is 1. The van der Waals surface area contributed by atoms with Crippen LogP contribution in [0.3, 0.4) is 0 Å². The van der Waals surface area contributed by atoms with E-state index in [0.717, 1.165) is 96.3 Å². The minimum Gasteiger partial charge on any atom is -0.387 e. The molecule has 0 aromatic carbocycles. The van der Waals surface area contributed by atoms with Crippen LogP contribution in [-0.2, 0) is 18.4 Å². The van der Waals surface area contributed by atoms with Crippen molar-refractivity contribution in [3.05, 3.63) is 122 Å². The van der Waals surface area contributed by atoms with Gasteiger partial charge in [0.25, 0.3) is 0 Å². The average molecular weight is 1160 g/mol. The number of carbonyl (C=O) groups is 1. The molecule has 0 saturated heterocycles. The standard InChI is InChI=1S/C73H129N2O6P/c1-6-8-10-12-14-16-18-20-22-24-26-28-30-32-34-36-37-39-41-43-45-47-49-51-53-55-57-59-61-63-65-67-73(77)74-71(70-81-82(78,79)80-69-68-75(3,4)5)72(76)66-64-62-60-58-56-54-52-50-48-46-44-42-40-38-35-33-31-29-27-25-23-21-19-17-15-13-11-9-7-2/h8,10,14,16,20,22,26,28,32,34,37,39,43,45,48,50,56,58,64,66,71-72,76H,6-7,9,11-13,15,17-19,21,23-25,27,29-31,33,35-36,38,40-42,44,46-47,49,51-55,57,59-63,65,67-70H2,1-5H3,(H-,74,77,78,79)/p+1/b10-8-,16-14-,22-20-,28-26-,34-32-,39-37-,45-43-,50-48+,58-56+,66-64+. The maximum absolute atomic E-state index is 13.0. The van der Waals surface area contributed by atoms with Crippen LogP contribution < -0.4 is 5.32 Å². The van der Waals surface area contributed by atoms with Crippen LogP contribution in [0.4, 0.5) is 0 Å². The van der Waals surface area contributed by atoms with Crippen molar-refractivity contribution in [2.24, 2.45) is 0 Å². The highest BCUT2D eigenvalue weighted by atomic mass is 31.2. The lowest BCUT2D eigenvalue weighted by Crippen LogP contribution is -2.45. The van der Waals surface area contributed by atoms with Gasteiger partial charge in [-0.2, -0.15) is 0 Å². The molecule has 0 radical (unpaired) electrons. The second-order valence-corrected chi connectivity index (χ2v) is 25.3. The van der Waals surface area contributed by atoms with Gasteiger partial charge in [-0.3, -0.25) is 13.8 Å². The summed E-state index contributed by atoms with van der Waals surface area (Å²) in [5, 5.41) is 14.0. The van der Waals surface area contributed by atoms with Crippen molar-refractivity contribution in [3.63, 3.8) is 0 Å². The van der Waals surface area contributed by atoms with Crippen LogP contribution in [0.2, 0.25) is 0 Å². The van der Waals surface area contributed by atoms with Crippen molar-refractivity contribution in [1.29, 1.82) is 0 Å². The Labute approximate surface area is 507 Å². The zero-order valence-electron chi connectivity index (χ0n) is 53.9. The Balaban J connectivity index is 4.22. The SMILES string of the molecule is CC/C=C\C/C=C\C/C=C\C/C=C\C/C=C\C/C=C\C/C=C\CCCCCCCCCCCC(=O)NC(COP(=O)(O)OCC[N+](C)(C)C)C(O)/C=C/CC/C=C/CC/C=C/CCCCCCCCCCCCCCCCCCCCC. The highest BCUT2D eigenvalue weighted by molar-refractivity contribution is 7.47. The number of unbranched alkanes of at least 4 members (excludes halogenated alkanes) is 30. The largest absolute Gasteiger partial charge is 0.472 e. The van der Waals surface area contributed by atoms with E-state index in [-0.39, 0.29) is 19.1 Å². The van der Waals surface area contributed by atoms with Gasteiger partial charge in [-0.1, -0.05) is 296 Å².